The number of aromatic nitrogens is 5. The van der Waals surface area contributed by atoms with Crippen LogP contribution in [0.1, 0.15) is 11.5 Å². The van der Waals surface area contributed by atoms with Crippen molar-refractivity contribution in [2.24, 2.45) is 0 Å². The highest BCUT2D eigenvalue weighted by Gasteiger charge is 2.06. The maximum absolute atomic E-state index is 5.57. The van der Waals surface area contributed by atoms with E-state index in [1.807, 2.05) is 13.8 Å². The lowest BCUT2D eigenvalue weighted by molar-refractivity contribution is 0.774. The Morgan fingerprint density at radius 2 is 1.86 bits per heavy atom. The lowest BCUT2D eigenvalue weighted by Gasteiger charge is -2.01. The number of aryl methyl sites for hydroxylation is 1. The van der Waals surface area contributed by atoms with E-state index in [2.05, 4.69) is 20.3 Å². The highest BCUT2D eigenvalue weighted by atomic mass is 15.4. The maximum atomic E-state index is 5.57. The fraction of sp³-hybridized carbons (Fsp3) is 0.250. The molecule has 2 rings (SSSR count). The summed E-state index contributed by atoms with van der Waals surface area (Å²) in [4.78, 5) is 8.13. The summed E-state index contributed by atoms with van der Waals surface area (Å²) >= 11 is 0. The normalized spacial score (nSPS) is 10.4. The Morgan fingerprint density at radius 3 is 2.36 bits per heavy atom. The van der Waals surface area contributed by atoms with Crippen molar-refractivity contribution in [3.63, 3.8) is 0 Å². The molecule has 0 atom stereocenters. The Balaban J connectivity index is 2.49. The van der Waals surface area contributed by atoms with E-state index in [4.69, 9.17) is 5.73 Å². The molecule has 0 saturated carbocycles. The maximum Gasteiger partial charge on any atom is 0.169 e. The molecule has 0 fully saturated rings. The minimum Gasteiger partial charge on any atom is -0.381 e. The molecule has 0 aliphatic carbocycles. The fourth-order valence-electron chi connectivity index (χ4n) is 1.08. The van der Waals surface area contributed by atoms with Gasteiger partial charge in [-0.2, -0.15) is 0 Å². The molecular weight excluding hydrogens is 180 g/mol. The Hall–Kier alpha value is -1.98. The van der Waals surface area contributed by atoms with E-state index in [1.165, 1.54) is 0 Å². The number of nitrogens with zero attached hydrogens (tertiary/aromatic N) is 5. The molecule has 6 nitrogen and oxygen atoms in total. The standard InChI is InChI=1S/C8H10N6/c1-5-8(9)12-13-14(5)7-3-10-6(2)11-4-7/h3-4H,9H2,1-2H3. The van der Waals surface area contributed by atoms with Crippen molar-refractivity contribution in [3.05, 3.63) is 23.9 Å². The summed E-state index contributed by atoms with van der Waals surface area (Å²) in [6, 6.07) is 0. The zero-order valence-electron chi connectivity index (χ0n) is 7.97. The number of anilines is 1. The summed E-state index contributed by atoms with van der Waals surface area (Å²) in [5.74, 6) is 1.14. The number of rotatable bonds is 1. The molecule has 14 heavy (non-hydrogen) atoms. The third kappa shape index (κ3) is 1.30. The van der Waals surface area contributed by atoms with E-state index in [9.17, 15) is 0 Å². The molecule has 0 saturated heterocycles. The number of nitrogens with two attached hydrogens (primary N) is 1. The van der Waals surface area contributed by atoms with Crippen LogP contribution >= 0.6 is 0 Å². The summed E-state index contributed by atoms with van der Waals surface area (Å²) in [5.41, 5.74) is 7.12. The van der Waals surface area contributed by atoms with Gasteiger partial charge in [-0.3, -0.25) is 0 Å². The molecule has 0 spiro atoms. The van der Waals surface area contributed by atoms with Crippen LogP contribution in [0.3, 0.4) is 0 Å². The van der Waals surface area contributed by atoms with Gasteiger partial charge in [-0.05, 0) is 13.8 Å². The highest BCUT2D eigenvalue weighted by molar-refractivity contribution is 5.37. The Kier molecular flexibility index (Phi) is 1.88. The third-order valence-corrected chi connectivity index (χ3v) is 1.94. The van der Waals surface area contributed by atoms with E-state index in [0.29, 0.717) is 5.82 Å². The molecule has 2 heterocycles. The molecule has 0 amide bonds. The van der Waals surface area contributed by atoms with Gasteiger partial charge in [-0.15, -0.1) is 5.10 Å². The van der Waals surface area contributed by atoms with Gasteiger partial charge in [0.1, 0.15) is 11.5 Å². The van der Waals surface area contributed by atoms with E-state index >= 15 is 0 Å². The Labute approximate surface area is 80.8 Å². The van der Waals surface area contributed by atoms with Gasteiger partial charge in [-0.25, -0.2) is 14.6 Å². The first-order chi connectivity index (χ1) is 6.68. The van der Waals surface area contributed by atoms with Gasteiger partial charge in [0.2, 0.25) is 0 Å². The van der Waals surface area contributed by atoms with Crippen LogP contribution in [-0.2, 0) is 0 Å². The Morgan fingerprint density at radius 1 is 1.21 bits per heavy atom. The van der Waals surface area contributed by atoms with Gasteiger partial charge in [0.25, 0.3) is 0 Å². The second-order valence-corrected chi connectivity index (χ2v) is 2.96. The van der Waals surface area contributed by atoms with Crippen LogP contribution in [-0.4, -0.2) is 25.0 Å². The minimum absolute atomic E-state index is 0.422. The second-order valence-electron chi connectivity index (χ2n) is 2.96. The van der Waals surface area contributed by atoms with Gasteiger partial charge in [0.15, 0.2) is 5.82 Å². The van der Waals surface area contributed by atoms with E-state index in [0.717, 1.165) is 17.2 Å². The van der Waals surface area contributed by atoms with Crippen LogP contribution < -0.4 is 5.73 Å². The first-order valence-corrected chi connectivity index (χ1v) is 4.15. The molecule has 0 aliphatic rings. The van der Waals surface area contributed by atoms with Crippen molar-refractivity contribution in [3.8, 4) is 5.69 Å². The third-order valence-electron chi connectivity index (χ3n) is 1.94. The summed E-state index contributed by atoms with van der Waals surface area (Å²) < 4.78 is 1.61. The molecule has 0 aliphatic heterocycles. The SMILES string of the molecule is Cc1ncc(-n2nnc(N)c2C)cn1. The van der Waals surface area contributed by atoms with Gasteiger partial charge in [-0.1, -0.05) is 5.21 Å². The Bertz CT molecular complexity index is 443. The molecule has 2 aromatic heterocycles. The average Bonchev–Trinajstić information content (AvgIpc) is 2.50. The largest absolute Gasteiger partial charge is 0.381 e. The van der Waals surface area contributed by atoms with Gasteiger partial charge < -0.3 is 5.73 Å². The molecule has 72 valence electrons. The van der Waals surface area contributed by atoms with Crippen LogP contribution in [0.25, 0.3) is 5.69 Å². The van der Waals surface area contributed by atoms with Crippen LogP contribution in [0, 0.1) is 13.8 Å². The zero-order valence-corrected chi connectivity index (χ0v) is 7.97. The molecule has 2 N–H and O–H groups in total. The van der Waals surface area contributed by atoms with Crippen molar-refractivity contribution >= 4 is 5.82 Å². The van der Waals surface area contributed by atoms with Crippen molar-refractivity contribution < 1.29 is 0 Å². The summed E-state index contributed by atoms with van der Waals surface area (Å²) in [7, 11) is 0. The van der Waals surface area contributed by atoms with Gasteiger partial charge in [0.05, 0.1) is 18.1 Å². The van der Waals surface area contributed by atoms with Crippen molar-refractivity contribution in [2.75, 3.05) is 5.73 Å². The fourth-order valence-corrected chi connectivity index (χ4v) is 1.08. The topological polar surface area (TPSA) is 82.5 Å². The van der Waals surface area contributed by atoms with E-state index in [-0.39, 0.29) is 0 Å². The predicted molar refractivity (Wildman–Crippen MR) is 50.8 cm³/mol. The molecule has 0 aromatic carbocycles. The molecule has 6 heteroatoms. The summed E-state index contributed by atoms with van der Waals surface area (Å²) in [6.45, 7) is 3.67. The molecule has 0 unspecified atom stereocenters. The number of hydrogen-bond acceptors (Lipinski definition) is 5. The summed E-state index contributed by atoms with van der Waals surface area (Å²) in [6.07, 6.45) is 3.37. The zero-order chi connectivity index (χ0) is 10.1. The lowest BCUT2D eigenvalue weighted by atomic mass is 10.4. The molecule has 0 radical (unpaired) electrons. The lowest BCUT2D eigenvalue weighted by Crippen LogP contribution is -2.01. The van der Waals surface area contributed by atoms with Crippen LogP contribution in [0.5, 0.6) is 0 Å². The van der Waals surface area contributed by atoms with Gasteiger partial charge in [0, 0.05) is 0 Å². The number of hydrogen-bond donors (Lipinski definition) is 1. The van der Waals surface area contributed by atoms with Crippen molar-refractivity contribution in [2.45, 2.75) is 13.8 Å². The first kappa shape index (κ1) is 8.61. The van der Waals surface area contributed by atoms with E-state index < -0.39 is 0 Å². The average molecular weight is 190 g/mol. The van der Waals surface area contributed by atoms with Crippen LogP contribution in [0.15, 0.2) is 12.4 Å². The van der Waals surface area contributed by atoms with Crippen molar-refractivity contribution in [1.29, 1.82) is 0 Å². The highest BCUT2D eigenvalue weighted by Crippen LogP contribution is 2.10. The number of nitrogen functional groups attached to an aromatic ring is 1. The van der Waals surface area contributed by atoms with Crippen LogP contribution in [0.2, 0.25) is 0 Å². The first-order valence-electron chi connectivity index (χ1n) is 4.15. The minimum atomic E-state index is 0.422. The summed E-state index contributed by atoms with van der Waals surface area (Å²) in [5, 5.41) is 7.63. The smallest absolute Gasteiger partial charge is 0.169 e. The molecular formula is C8H10N6. The monoisotopic (exact) mass is 190 g/mol. The van der Waals surface area contributed by atoms with Gasteiger partial charge >= 0.3 is 0 Å². The van der Waals surface area contributed by atoms with E-state index in [1.54, 1.807) is 17.1 Å². The quantitative estimate of drug-likeness (QED) is 0.697. The van der Waals surface area contributed by atoms with Crippen molar-refractivity contribution in [1.82, 2.24) is 25.0 Å². The second kappa shape index (κ2) is 3.06. The molecule has 2 aromatic rings. The van der Waals surface area contributed by atoms with Crippen LogP contribution in [0.4, 0.5) is 5.82 Å². The predicted octanol–water partition coefficient (Wildman–Crippen LogP) is 0.256. The molecule has 0 bridgehead atoms.